The summed E-state index contributed by atoms with van der Waals surface area (Å²) < 4.78 is 1.18. The fourth-order valence-electron chi connectivity index (χ4n) is 3.45. The monoisotopic (exact) mass is 338 g/mol. The van der Waals surface area contributed by atoms with E-state index in [4.69, 9.17) is 5.73 Å². The Kier molecular flexibility index (Phi) is 3.98. The highest BCUT2D eigenvalue weighted by Crippen LogP contribution is 2.32. The molecule has 1 aromatic carbocycles. The van der Waals surface area contributed by atoms with E-state index in [9.17, 15) is 0 Å². The van der Waals surface area contributed by atoms with E-state index in [-0.39, 0.29) is 5.54 Å². The second-order valence-corrected chi connectivity index (χ2v) is 7.76. The Balaban J connectivity index is 1.48. The second kappa shape index (κ2) is 6.15. The van der Waals surface area contributed by atoms with E-state index in [1.165, 1.54) is 15.8 Å². The Morgan fingerprint density at radius 3 is 2.62 bits per heavy atom. The minimum Gasteiger partial charge on any atom is -0.355 e. The highest BCUT2D eigenvalue weighted by molar-refractivity contribution is 7.17. The van der Waals surface area contributed by atoms with Gasteiger partial charge in [0.15, 0.2) is 0 Å². The van der Waals surface area contributed by atoms with Gasteiger partial charge in [-0.25, -0.2) is 9.97 Å². The van der Waals surface area contributed by atoms with E-state index >= 15 is 0 Å². The summed E-state index contributed by atoms with van der Waals surface area (Å²) in [6.07, 6.45) is 4.58. The molecule has 0 spiro atoms. The van der Waals surface area contributed by atoms with Gasteiger partial charge in [-0.3, -0.25) is 0 Å². The molecule has 24 heavy (non-hydrogen) atoms. The Bertz CT molecular complexity index is 832. The zero-order chi connectivity index (χ0) is 16.6. The largest absolute Gasteiger partial charge is 0.355 e. The number of benzene rings is 1. The Morgan fingerprint density at radius 2 is 1.88 bits per heavy atom. The predicted molar refractivity (Wildman–Crippen MR) is 101 cm³/mol. The van der Waals surface area contributed by atoms with Gasteiger partial charge < -0.3 is 10.6 Å². The molecule has 5 heteroatoms. The van der Waals surface area contributed by atoms with Crippen LogP contribution in [0, 0.1) is 6.92 Å². The summed E-state index contributed by atoms with van der Waals surface area (Å²) in [4.78, 5) is 11.2. The van der Waals surface area contributed by atoms with Gasteiger partial charge in [0.25, 0.3) is 0 Å². The maximum Gasteiger partial charge on any atom is 0.150 e. The first kappa shape index (κ1) is 15.5. The van der Waals surface area contributed by atoms with Gasteiger partial charge in [-0.2, -0.15) is 0 Å². The van der Waals surface area contributed by atoms with E-state index < -0.39 is 0 Å². The van der Waals surface area contributed by atoms with E-state index in [1.807, 2.05) is 0 Å². The van der Waals surface area contributed by atoms with Crippen LogP contribution in [-0.4, -0.2) is 28.6 Å². The summed E-state index contributed by atoms with van der Waals surface area (Å²) in [5, 5.41) is 2.08. The molecule has 3 aromatic rings. The van der Waals surface area contributed by atoms with Crippen LogP contribution in [-0.2, 0) is 6.42 Å². The normalized spacial score (nSPS) is 17.3. The number of fused-ring (bicyclic) bond motifs is 1. The maximum absolute atomic E-state index is 6.71. The van der Waals surface area contributed by atoms with Crippen molar-refractivity contribution in [1.29, 1.82) is 0 Å². The van der Waals surface area contributed by atoms with Crippen molar-refractivity contribution in [2.75, 3.05) is 18.0 Å². The predicted octanol–water partition coefficient (Wildman–Crippen LogP) is 3.54. The fraction of sp³-hybridized carbons (Fsp3) is 0.368. The highest BCUT2D eigenvalue weighted by Gasteiger charge is 2.32. The van der Waals surface area contributed by atoms with E-state index in [2.05, 4.69) is 57.5 Å². The van der Waals surface area contributed by atoms with Crippen LogP contribution >= 0.6 is 11.3 Å². The molecule has 0 saturated carbocycles. The van der Waals surface area contributed by atoms with Gasteiger partial charge >= 0.3 is 0 Å². The molecular formula is C19H22N4S. The van der Waals surface area contributed by atoms with Gasteiger partial charge in [0.05, 0.1) is 10.2 Å². The van der Waals surface area contributed by atoms with Crippen LogP contribution in [0.15, 0.2) is 42.0 Å². The average molecular weight is 338 g/mol. The lowest BCUT2D eigenvalue weighted by molar-refractivity contribution is 0.330. The molecule has 1 fully saturated rings. The van der Waals surface area contributed by atoms with Crippen LogP contribution < -0.4 is 10.6 Å². The van der Waals surface area contributed by atoms with Crippen molar-refractivity contribution in [3.63, 3.8) is 0 Å². The SMILES string of the molecule is Cc1ccc(CC2(N)CCN(c3ncnc4ccsc34)CC2)cc1. The van der Waals surface area contributed by atoms with Gasteiger partial charge in [-0.05, 0) is 43.2 Å². The van der Waals surface area contributed by atoms with Crippen molar-refractivity contribution in [1.82, 2.24) is 9.97 Å². The van der Waals surface area contributed by atoms with Crippen molar-refractivity contribution >= 4 is 27.4 Å². The minimum atomic E-state index is -0.118. The van der Waals surface area contributed by atoms with Gasteiger partial charge in [-0.1, -0.05) is 29.8 Å². The van der Waals surface area contributed by atoms with Crippen LogP contribution in [0.5, 0.6) is 0 Å². The van der Waals surface area contributed by atoms with Crippen LogP contribution in [0.4, 0.5) is 5.82 Å². The molecule has 1 aliphatic heterocycles. The number of thiophene rings is 1. The fourth-order valence-corrected chi connectivity index (χ4v) is 4.32. The third kappa shape index (κ3) is 3.01. The molecular weight excluding hydrogens is 316 g/mol. The molecule has 3 heterocycles. The number of nitrogens with two attached hydrogens (primary N) is 1. The van der Waals surface area contributed by atoms with E-state index in [0.29, 0.717) is 0 Å². The smallest absolute Gasteiger partial charge is 0.150 e. The summed E-state index contributed by atoms with van der Waals surface area (Å²) >= 11 is 1.71. The van der Waals surface area contributed by atoms with Crippen molar-refractivity contribution in [2.24, 2.45) is 5.73 Å². The molecule has 0 amide bonds. The Labute approximate surface area is 146 Å². The third-order valence-corrected chi connectivity index (χ3v) is 5.86. The number of aromatic nitrogens is 2. The van der Waals surface area contributed by atoms with Crippen LogP contribution in [0.3, 0.4) is 0 Å². The van der Waals surface area contributed by atoms with Crippen LogP contribution in [0.2, 0.25) is 0 Å². The number of hydrogen-bond donors (Lipinski definition) is 1. The number of anilines is 1. The molecule has 0 radical (unpaired) electrons. The van der Waals surface area contributed by atoms with Crippen LogP contribution in [0.25, 0.3) is 10.2 Å². The first-order valence-electron chi connectivity index (χ1n) is 8.41. The molecule has 2 N–H and O–H groups in total. The topological polar surface area (TPSA) is 55.0 Å². The second-order valence-electron chi connectivity index (χ2n) is 6.84. The van der Waals surface area contributed by atoms with E-state index in [1.54, 1.807) is 17.7 Å². The summed E-state index contributed by atoms with van der Waals surface area (Å²) in [5.41, 5.74) is 10.3. The van der Waals surface area contributed by atoms with Gasteiger partial charge in [-0.15, -0.1) is 11.3 Å². The molecule has 4 nitrogen and oxygen atoms in total. The quantitative estimate of drug-likeness (QED) is 0.793. The number of nitrogens with zero attached hydrogens (tertiary/aromatic N) is 3. The Morgan fingerprint density at radius 1 is 1.12 bits per heavy atom. The lowest BCUT2D eigenvalue weighted by Crippen LogP contribution is -2.52. The molecule has 0 unspecified atom stereocenters. The first-order valence-corrected chi connectivity index (χ1v) is 9.29. The molecule has 0 aliphatic carbocycles. The van der Waals surface area contributed by atoms with E-state index in [0.717, 1.165) is 43.7 Å². The standard InChI is InChI=1S/C19H22N4S/c1-14-2-4-15(5-3-14)12-19(20)7-9-23(10-8-19)18-17-16(6-11-24-17)21-13-22-18/h2-6,11,13H,7-10,12,20H2,1H3. The van der Waals surface area contributed by atoms with Crippen molar-refractivity contribution in [3.8, 4) is 0 Å². The van der Waals surface area contributed by atoms with Crippen molar-refractivity contribution in [2.45, 2.75) is 31.7 Å². The number of hydrogen-bond acceptors (Lipinski definition) is 5. The summed E-state index contributed by atoms with van der Waals surface area (Å²) in [6, 6.07) is 10.8. The molecule has 4 rings (SSSR count). The molecule has 124 valence electrons. The third-order valence-electron chi connectivity index (χ3n) is 4.96. The molecule has 1 aliphatic rings. The molecule has 0 bridgehead atoms. The van der Waals surface area contributed by atoms with Gasteiger partial charge in [0.2, 0.25) is 0 Å². The van der Waals surface area contributed by atoms with Gasteiger partial charge in [0.1, 0.15) is 12.1 Å². The lowest BCUT2D eigenvalue weighted by Gasteiger charge is -2.40. The molecule has 1 saturated heterocycles. The number of piperidine rings is 1. The minimum absolute atomic E-state index is 0.118. The van der Waals surface area contributed by atoms with Crippen molar-refractivity contribution in [3.05, 3.63) is 53.2 Å². The Hall–Kier alpha value is -1.98. The maximum atomic E-state index is 6.71. The van der Waals surface area contributed by atoms with Crippen molar-refractivity contribution < 1.29 is 0 Å². The molecule has 0 atom stereocenters. The molecule has 2 aromatic heterocycles. The van der Waals surface area contributed by atoms with Crippen LogP contribution in [0.1, 0.15) is 24.0 Å². The number of rotatable bonds is 3. The average Bonchev–Trinajstić information content (AvgIpc) is 3.06. The highest BCUT2D eigenvalue weighted by atomic mass is 32.1. The summed E-state index contributed by atoms with van der Waals surface area (Å²) in [6.45, 7) is 4.02. The zero-order valence-electron chi connectivity index (χ0n) is 13.9. The summed E-state index contributed by atoms with van der Waals surface area (Å²) in [5.74, 6) is 1.06. The summed E-state index contributed by atoms with van der Waals surface area (Å²) in [7, 11) is 0. The number of aryl methyl sites for hydroxylation is 1. The van der Waals surface area contributed by atoms with Gasteiger partial charge in [0, 0.05) is 18.6 Å². The first-order chi connectivity index (χ1) is 11.6. The lowest BCUT2D eigenvalue weighted by atomic mass is 9.83. The zero-order valence-corrected chi connectivity index (χ0v) is 14.7.